The van der Waals surface area contributed by atoms with E-state index in [1.807, 2.05) is 47.0 Å². The highest BCUT2D eigenvalue weighted by molar-refractivity contribution is 8.36. The predicted octanol–water partition coefficient (Wildman–Crippen LogP) is 5.29. The molecule has 0 bridgehead atoms. The minimum atomic E-state index is 1.04. The summed E-state index contributed by atoms with van der Waals surface area (Å²) in [5.41, 5.74) is 2.09. The molecule has 0 spiro atoms. The van der Waals surface area contributed by atoms with Crippen molar-refractivity contribution < 1.29 is 0 Å². The molecule has 0 N–H and O–H groups in total. The standard InChI is InChI=1S/C16H14N2S5/c1-7-8(2)20-15(19-7)11-5-6-12(14-13(11)17-23-18-14)16-21-9(3)10(4)22-16/h5-6H,1-4H3. The van der Waals surface area contributed by atoms with Crippen molar-refractivity contribution >= 4 is 78.3 Å². The first-order valence-electron chi connectivity index (χ1n) is 7.11. The normalized spacial score (nSPS) is 19.0. The maximum Gasteiger partial charge on any atom is 0.114 e. The molecule has 0 fully saturated rings. The number of rotatable bonds is 0. The van der Waals surface area contributed by atoms with Crippen molar-refractivity contribution in [2.75, 3.05) is 0 Å². The Balaban J connectivity index is 1.95. The molecule has 2 nitrogen and oxygen atoms in total. The van der Waals surface area contributed by atoms with Crippen molar-refractivity contribution in [3.63, 3.8) is 0 Å². The lowest BCUT2D eigenvalue weighted by Crippen LogP contribution is -2.13. The van der Waals surface area contributed by atoms with Crippen molar-refractivity contribution in [3.05, 3.63) is 42.2 Å². The lowest BCUT2D eigenvalue weighted by molar-refractivity contribution is 1.55. The number of allylic oxidation sites excluding steroid dienone is 4. The topological polar surface area (TPSA) is 25.8 Å². The van der Waals surface area contributed by atoms with E-state index in [4.69, 9.17) is 0 Å². The monoisotopic (exact) mass is 394 g/mol. The van der Waals surface area contributed by atoms with Gasteiger partial charge in [-0.2, -0.15) is 8.75 Å². The number of aromatic nitrogens is 2. The van der Waals surface area contributed by atoms with E-state index in [0.717, 1.165) is 11.0 Å². The van der Waals surface area contributed by atoms with E-state index in [9.17, 15) is 0 Å². The fourth-order valence-electron chi connectivity index (χ4n) is 2.30. The average Bonchev–Trinajstić information content (AvgIpc) is 3.20. The van der Waals surface area contributed by atoms with Crippen molar-refractivity contribution in [2.24, 2.45) is 0 Å². The number of fused-ring (bicyclic) bond motifs is 1. The van der Waals surface area contributed by atoms with E-state index in [2.05, 4.69) is 48.6 Å². The summed E-state index contributed by atoms with van der Waals surface area (Å²) in [7, 11) is 0. The third-order valence-corrected chi connectivity index (χ3v) is 9.69. The smallest absolute Gasteiger partial charge is 0.114 e. The van der Waals surface area contributed by atoms with Crippen LogP contribution in [0.5, 0.6) is 0 Å². The van der Waals surface area contributed by atoms with Crippen molar-refractivity contribution in [1.29, 1.82) is 0 Å². The molecule has 2 aliphatic rings. The summed E-state index contributed by atoms with van der Waals surface area (Å²) in [5.74, 6) is 0. The number of nitrogens with zero attached hydrogens (tertiary/aromatic N) is 2. The minimum Gasteiger partial charge on any atom is -0.172 e. The van der Waals surface area contributed by atoms with Crippen LogP contribution in [0.4, 0.5) is 0 Å². The van der Waals surface area contributed by atoms with Gasteiger partial charge in [0, 0.05) is 10.4 Å². The summed E-state index contributed by atoms with van der Waals surface area (Å²) in [5, 5.41) is 2.44. The first kappa shape index (κ1) is 16.1. The molecule has 0 atom stereocenters. The summed E-state index contributed by atoms with van der Waals surface area (Å²) in [4.78, 5) is 5.54. The fourth-order valence-corrected chi connectivity index (χ4v) is 7.99. The van der Waals surface area contributed by atoms with Crippen molar-refractivity contribution in [3.8, 4) is 0 Å². The van der Waals surface area contributed by atoms with Gasteiger partial charge in [-0.15, -0.1) is 0 Å². The molecule has 3 heterocycles. The first-order valence-corrected chi connectivity index (χ1v) is 11.1. The average molecular weight is 395 g/mol. The zero-order chi connectivity index (χ0) is 16.1. The van der Waals surface area contributed by atoms with Crippen LogP contribution in [0.2, 0.25) is 0 Å². The van der Waals surface area contributed by atoms with Crippen LogP contribution < -0.4 is 10.4 Å². The molecule has 0 aliphatic carbocycles. The van der Waals surface area contributed by atoms with Gasteiger partial charge < -0.3 is 0 Å². The van der Waals surface area contributed by atoms with Crippen LogP contribution in [0.1, 0.15) is 27.7 Å². The SMILES string of the molecule is CC1=C(C)SC(=c2ccc(=C3SC(C)=C(C)S3)c3nsnc23)S1. The number of benzene rings is 1. The van der Waals surface area contributed by atoms with E-state index in [1.165, 1.54) is 50.3 Å². The van der Waals surface area contributed by atoms with Crippen molar-refractivity contribution in [2.45, 2.75) is 27.7 Å². The molecule has 0 saturated heterocycles. The number of hydrogen-bond acceptors (Lipinski definition) is 7. The Labute approximate surface area is 156 Å². The maximum atomic E-state index is 4.60. The van der Waals surface area contributed by atoms with Gasteiger partial charge in [-0.3, -0.25) is 0 Å². The van der Waals surface area contributed by atoms with Gasteiger partial charge in [-0.05, 0) is 47.3 Å². The molecule has 0 amide bonds. The maximum absolute atomic E-state index is 4.60. The van der Waals surface area contributed by atoms with Crippen LogP contribution >= 0.6 is 58.8 Å². The second kappa shape index (κ2) is 6.19. The quantitative estimate of drug-likeness (QED) is 0.603. The third-order valence-electron chi connectivity index (χ3n) is 3.83. The predicted molar refractivity (Wildman–Crippen MR) is 111 cm³/mol. The largest absolute Gasteiger partial charge is 0.172 e. The van der Waals surface area contributed by atoms with Crippen LogP contribution in [0.25, 0.3) is 19.5 Å². The highest BCUT2D eigenvalue weighted by Crippen LogP contribution is 2.50. The molecule has 1 aromatic carbocycles. The summed E-state index contributed by atoms with van der Waals surface area (Å²) in [6.07, 6.45) is 0. The Morgan fingerprint density at radius 1 is 0.609 bits per heavy atom. The lowest BCUT2D eigenvalue weighted by atomic mass is 10.2. The van der Waals surface area contributed by atoms with Crippen LogP contribution in [0.15, 0.2) is 31.8 Å². The van der Waals surface area contributed by atoms with Gasteiger partial charge in [0.2, 0.25) is 0 Å². The summed E-state index contributed by atoms with van der Waals surface area (Å²) in [6.45, 7) is 8.74. The zero-order valence-electron chi connectivity index (χ0n) is 13.1. The lowest BCUT2D eigenvalue weighted by Gasteiger charge is -2.00. The minimum absolute atomic E-state index is 1.04. The van der Waals surface area contributed by atoms with E-state index in [-0.39, 0.29) is 0 Å². The molecule has 2 aromatic rings. The molecular weight excluding hydrogens is 381 g/mol. The van der Waals surface area contributed by atoms with Crippen LogP contribution in [0.3, 0.4) is 0 Å². The second-order valence-corrected chi connectivity index (χ2v) is 11.3. The Kier molecular flexibility index (Phi) is 4.34. The fraction of sp³-hybridized carbons (Fsp3) is 0.250. The van der Waals surface area contributed by atoms with Gasteiger partial charge in [-0.25, -0.2) is 0 Å². The van der Waals surface area contributed by atoms with E-state index in [0.29, 0.717) is 0 Å². The molecule has 0 saturated carbocycles. The Morgan fingerprint density at radius 3 is 1.30 bits per heavy atom. The van der Waals surface area contributed by atoms with Gasteiger partial charge in [0.15, 0.2) is 0 Å². The Morgan fingerprint density at radius 2 is 0.957 bits per heavy atom. The summed E-state index contributed by atoms with van der Waals surface area (Å²) < 4.78 is 11.9. The highest BCUT2D eigenvalue weighted by Gasteiger charge is 2.19. The number of hydrogen-bond donors (Lipinski definition) is 0. The van der Waals surface area contributed by atoms with Crippen LogP contribution in [0, 0.1) is 0 Å². The Hall–Kier alpha value is -0.340. The molecular formula is C16H14N2S5. The van der Waals surface area contributed by atoms with E-state index >= 15 is 0 Å². The van der Waals surface area contributed by atoms with Gasteiger partial charge in [-0.1, -0.05) is 59.2 Å². The summed E-state index contributed by atoms with van der Waals surface area (Å²) >= 11 is 8.73. The van der Waals surface area contributed by atoms with E-state index < -0.39 is 0 Å². The van der Waals surface area contributed by atoms with E-state index in [1.54, 1.807) is 0 Å². The highest BCUT2D eigenvalue weighted by atomic mass is 32.2. The molecule has 1 aromatic heterocycles. The molecule has 23 heavy (non-hydrogen) atoms. The van der Waals surface area contributed by atoms with Crippen LogP contribution in [-0.4, -0.2) is 8.75 Å². The molecule has 0 unspecified atom stereocenters. The zero-order valence-corrected chi connectivity index (χ0v) is 17.2. The molecule has 2 aliphatic heterocycles. The van der Waals surface area contributed by atoms with Gasteiger partial charge >= 0.3 is 0 Å². The molecule has 7 heteroatoms. The van der Waals surface area contributed by atoms with Crippen LogP contribution in [-0.2, 0) is 0 Å². The second-order valence-electron chi connectivity index (χ2n) is 5.33. The van der Waals surface area contributed by atoms with Crippen molar-refractivity contribution in [1.82, 2.24) is 8.75 Å². The third kappa shape index (κ3) is 2.80. The molecule has 0 radical (unpaired) electrons. The first-order chi connectivity index (χ1) is 11.0. The molecule has 118 valence electrons. The van der Waals surface area contributed by atoms with Gasteiger partial charge in [0.05, 0.1) is 20.2 Å². The van der Waals surface area contributed by atoms with Gasteiger partial charge in [0.1, 0.15) is 11.0 Å². The Bertz CT molecular complexity index is 901. The van der Waals surface area contributed by atoms with Gasteiger partial charge in [0.25, 0.3) is 0 Å². The molecule has 4 rings (SSSR count). The number of thioether (sulfide) groups is 4. The summed E-state index contributed by atoms with van der Waals surface area (Å²) in [6, 6.07) is 4.44.